The van der Waals surface area contributed by atoms with E-state index in [0.29, 0.717) is 0 Å². The summed E-state index contributed by atoms with van der Waals surface area (Å²) in [5.41, 5.74) is 0. The molecule has 0 radical (unpaired) electrons. The maximum Gasteiger partial charge on any atom is 0.328 e. The van der Waals surface area contributed by atoms with Gasteiger partial charge in [0.05, 0.1) is 19.3 Å². The standard InChI is InChI=1S/C13H19N3O5/c1-8(17)16-7-9(18)6-11(16)12(19)15-10(4-3-5-14)13(20)21-2/h9-11,18H,3-4,6-7H2,1-2H3,(H,15,19)/t9-,10-,11+/m1/s1. The average molecular weight is 297 g/mol. The van der Waals surface area contributed by atoms with E-state index >= 15 is 0 Å². The van der Waals surface area contributed by atoms with Crippen LogP contribution in [0.2, 0.25) is 0 Å². The highest BCUT2D eigenvalue weighted by molar-refractivity contribution is 5.90. The summed E-state index contributed by atoms with van der Waals surface area (Å²) < 4.78 is 4.58. The zero-order valence-electron chi connectivity index (χ0n) is 12.0. The van der Waals surface area contributed by atoms with Crippen LogP contribution in [-0.4, -0.2) is 59.6 Å². The monoisotopic (exact) mass is 297 g/mol. The van der Waals surface area contributed by atoms with Gasteiger partial charge in [0.2, 0.25) is 11.8 Å². The molecule has 0 aromatic heterocycles. The fourth-order valence-corrected chi connectivity index (χ4v) is 2.28. The van der Waals surface area contributed by atoms with Gasteiger partial charge in [0, 0.05) is 26.3 Å². The number of rotatable bonds is 5. The number of ether oxygens (including phenoxy) is 1. The maximum atomic E-state index is 12.2. The molecule has 0 aromatic rings. The van der Waals surface area contributed by atoms with Crippen molar-refractivity contribution in [1.82, 2.24) is 10.2 Å². The van der Waals surface area contributed by atoms with E-state index in [2.05, 4.69) is 10.1 Å². The summed E-state index contributed by atoms with van der Waals surface area (Å²) in [4.78, 5) is 36.5. The molecule has 116 valence electrons. The second kappa shape index (κ2) is 7.59. The molecule has 8 heteroatoms. The summed E-state index contributed by atoms with van der Waals surface area (Å²) in [5.74, 6) is -1.50. The zero-order chi connectivity index (χ0) is 16.0. The molecule has 0 saturated carbocycles. The summed E-state index contributed by atoms with van der Waals surface area (Å²) in [6, 6.07) is 0.141. The van der Waals surface area contributed by atoms with Crippen LogP contribution in [-0.2, 0) is 19.1 Å². The number of aliphatic hydroxyl groups is 1. The molecule has 0 aromatic carbocycles. The van der Waals surface area contributed by atoms with Gasteiger partial charge in [-0.3, -0.25) is 9.59 Å². The first-order valence-corrected chi connectivity index (χ1v) is 6.61. The van der Waals surface area contributed by atoms with Gasteiger partial charge in [-0.25, -0.2) is 4.79 Å². The molecule has 0 bridgehead atoms. The van der Waals surface area contributed by atoms with Gasteiger partial charge < -0.3 is 20.1 Å². The van der Waals surface area contributed by atoms with E-state index in [-0.39, 0.29) is 31.7 Å². The number of nitrogens with zero attached hydrogens (tertiary/aromatic N) is 2. The van der Waals surface area contributed by atoms with E-state index in [1.54, 1.807) is 0 Å². The molecule has 2 N–H and O–H groups in total. The number of carbonyl (C=O) groups excluding carboxylic acids is 3. The molecule has 1 saturated heterocycles. The minimum atomic E-state index is -0.936. The Hall–Kier alpha value is -2.14. The Morgan fingerprint density at radius 2 is 2.19 bits per heavy atom. The van der Waals surface area contributed by atoms with Gasteiger partial charge in [0.25, 0.3) is 0 Å². The third kappa shape index (κ3) is 4.43. The number of esters is 1. The number of nitriles is 1. The summed E-state index contributed by atoms with van der Waals surface area (Å²) in [6.45, 7) is 1.40. The van der Waals surface area contributed by atoms with Crippen molar-refractivity contribution in [3.05, 3.63) is 0 Å². The normalized spacial score (nSPS) is 22.3. The maximum absolute atomic E-state index is 12.2. The Balaban J connectivity index is 2.74. The molecule has 0 aliphatic carbocycles. The van der Waals surface area contributed by atoms with Crippen LogP contribution in [0.25, 0.3) is 0 Å². The topological polar surface area (TPSA) is 120 Å². The lowest BCUT2D eigenvalue weighted by atomic mass is 10.1. The van der Waals surface area contributed by atoms with Crippen molar-refractivity contribution < 1.29 is 24.2 Å². The molecule has 0 spiro atoms. The number of hydrogen-bond donors (Lipinski definition) is 2. The quantitative estimate of drug-likeness (QED) is 0.623. The molecule has 1 heterocycles. The van der Waals surface area contributed by atoms with Crippen molar-refractivity contribution in [3.63, 3.8) is 0 Å². The summed E-state index contributed by atoms with van der Waals surface area (Å²) in [6.07, 6.45) is -0.425. The van der Waals surface area contributed by atoms with Crippen LogP contribution >= 0.6 is 0 Å². The summed E-state index contributed by atoms with van der Waals surface area (Å²) in [5, 5.41) is 20.6. The van der Waals surface area contributed by atoms with E-state index < -0.39 is 30.1 Å². The smallest absolute Gasteiger partial charge is 0.328 e. The number of aliphatic hydroxyl groups excluding tert-OH is 1. The lowest BCUT2D eigenvalue weighted by molar-refractivity contribution is -0.146. The molecule has 1 aliphatic heterocycles. The van der Waals surface area contributed by atoms with Gasteiger partial charge in [0.15, 0.2) is 0 Å². The van der Waals surface area contributed by atoms with Gasteiger partial charge in [-0.2, -0.15) is 5.26 Å². The first-order valence-electron chi connectivity index (χ1n) is 6.61. The van der Waals surface area contributed by atoms with Crippen molar-refractivity contribution in [1.29, 1.82) is 5.26 Å². The molecule has 1 aliphatic rings. The second-order valence-corrected chi connectivity index (χ2v) is 4.86. The number of likely N-dealkylation sites (tertiary alicyclic amines) is 1. The minimum absolute atomic E-state index is 0.0871. The van der Waals surface area contributed by atoms with Crippen LogP contribution < -0.4 is 5.32 Å². The van der Waals surface area contributed by atoms with Crippen molar-refractivity contribution in [3.8, 4) is 6.07 Å². The van der Waals surface area contributed by atoms with Crippen LogP contribution in [0.5, 0.6) is 0 Å². The Labute approximate surface area is 122 Å². The third-order valence-corrected chi connectivity index (χ3v) is 3.33. The van der Waals surface area contributed by atoms with Gasteiger partial charge >= 0.3 is 5.97 Å². The van der Waals surface area contributed by atoms with Crippen LogP contribution in [0.1, 0.15) is 26.2 Å². The molecule has 1 rings (SSSR count). The fourth-order valence-electron chi connectivity index (χ4n) is 2.28. The number of methoxy groups -OCH3 is 1. The SMILES string of the molecule is COC(=O)[C@@H](CCC#N)NC(=O)[C@@H]1C[C@@H](O)CN1C(C)=O. The molecule has 3 atom stereocenters. The molecule has 1 fully saturated rings. The lowest BCUT2D eigenvalue weighted by Gasteiger charge is -2.24. The first kappa shape index (κ1) is 16.9. The van der Waals surface area contributed by atoms with Gasteiger partial charge in [0.1, 0.15) is 12.1 Å². The van der Waals surface area contributed by atoms with Crippen molar-refractivity contribution in [2.45, 2.75) is 44.4 Å². The van der Waals surface area contributed by atoms with E-state index in [1.807, 2.05) is 6.07 Å². The second-order valence-electron chi connectivity index (χ2n) is 4.86. The lowest BCUT2D eigenvalue weighted by Crippen LogP contribution is -2.50. The van der Waals surface area contributed by atoms with Gasteiger partial charge in [-0.05, 0) is 6.42 Å². The van der Waals surface area contributed by atoms with Crippen molar-refractivity contribution in [2.75, 3.05) is 13.7 Å². The van der Waals surface area contributed by atoms with E-state index in [0.717, 1.165) is 0 Å². The molecule has 0 unspecified atom stereocenters. The highest BCUT2D eigenvalue weighted by Gasteiger charge is 2.38. The predicted octanol–water partition coefficient (Wildman–Crippen LogP) is -1.07. The van der Waals surface area contributed by atoms with Crippen molar-refractivity contribution >= 4 is 17.8 Å². The van der Waals surface area contributed by atoms with E-state index in [1.165, 1.54) is 18.9 Å². The first-order chi connectivity index (χ1) is 9.90. The van der Waals surface area contributed by atoms with E-state index in [9.17, 15) is 19.5 Å². The van der Waals surface area contributed by atoms with Crippen LogP contribution in [0.4, 0.5) is 0 Å². The van der Waals surface area contributed by atoms with Crippen molar-refractivity contribution in [2.24, 2.45) is 0 Å². The Morgan fingerprint density at radius 1 is 1.52 bits per heavy atom. The zero-order valence-corrected chi connectivity index (χ0v) is 12.0. The van der Waals surface area contributed by atoms with Crippen LogP contribution in [0.15, 0.2) is 0 Å². The highest BCUT2D eigenvalue weighted by atomic mass is 16.5. The third-order valence-electron chi connectivity index (χ3n) is 3.33. The predicted molar refractivity (Wildman–Crippen MR) is 70.6 cm³/mol. The van der Waals surface area contributed by atoms with Crippen LogP contribution in [0, 0.1) is 11.3 Å². The van der Waals surface area contributed by atoms with Gasteiger partial charge in [-0.1, -0.05) is 0 Å². The van der Waals surface area contributed by atoms with Crippen LogP contribution in [0.3, 0.4) is 0 Å². The average Bonchev–Trinajstić information content (AvgIpc) is 2.84. The number of amides is 2. The number of carbonyl (C=O) groups is 3. The minimum Gasteiger partial charge on any atom is -0.467 e. The molecular weight excluding hydrogens is 278 g/mol. The Bertz CT molecular complexity index is 459. The summed E-state index contributed by atoms with van der Waals surface area (Å²) >= 11 is 0. The number of β-amino-alcohol motifs (C(OH)–C–C–N with tert-alkyl or cyclic N) is 1. The molecular formula is C13H19N3O5. The summed E-state index contributed by atoms with van der Waals surface area (Å²) in [7, 11) is 1.19. The van der Waals surface area contributed by atoms with Gasteiger partial charge in [-0.15, -0.1) is 0 Å². The molecule has 2 amide bonds. The largest absolute Gasteiger partial charge is 0.467 e. The Morgan fingerprint density at radius 3 is 2.71 bits per heavy atom. The number of hydrogen-bond acceptors (Lipinski definition) is 6. The molecule has 8 nitrogen and oxygen atoms in total. The Kier molecular flexibility index (Phi) is 6.11. The highest BCUT2D eigenvalue weighted by Crippen LogP contribution is 2.18. The molecule has 21 heavy (non-hydrogen) atoms. The fraction of sp³-hybridized carbons (Fsp3) is 0.692. The number of nitrogens with one attached hydrogen (secondary N) is 1. The van der Waals surface area contributed by atoms with E-state index in [4.69, 9.17) is 5.26 Å².